The molecule has 4 rings (SSSR count). The van der Waals surface area contributed by atoms with Crippen LogP contribution in [-0.2, 0) is 18.0 Å². The first-order chi connectivity index (χ1) is 19.5. The van der Waals surface area contributed by atoms with Gasteiger partial charge in [-0.25, -0.2) is 18.0 Å². The molecule has 11 heteroatoms. The van der Waals surface area contributed by atoms with Crippen LogP contribution in [-0.4, -0.2) is 33.7 Å². The second-order valence-electron chi connectivity index (χ2n) is 10.0. The summed E-state index contributed by atoms with van der Waals surface area (Å²) in [5, 5.41) is 10.1. The van der Waals surface area contributed by atoms with Gasteiger partial charge in [0.05, 0.1) is 27.9 Å². The van der Waals surface area contributed by atoms with Crippen LogP contribution in [0, 0.1) is 31.3 Å². The maximum absolute atomic E-state index is 14.1. The van der Waals surface area contributed by atoms with Crippen molar-refractivity contribution in [2.45, 2.75) is 52.9 Å². The standard InChI is InChI=1S/C30H31F3N4O4/c1-5-30(4,35-29(39)41-15-20-9-7-6-8-10-20)17-34-28(38)26-19(3)36-37-24(26)13-18(2)14-25(37)40-16-21-22(31)11-12-23(32)27(21)33/h6-14H,5,15-17H2,1-4H3,(H,34,38)(H,35,39). The molecule has 0 aliphatic carbocycles. The third-order valence-corrected chi connectivity index (χ3v) is 6.79. The first kappa shape index (κ1) is 29.4. The van der Waals surface area contributed by atoms with E-state index in [-0.39, 0.29) is 24.6 Å². The summed E-state index contributed by atoms with van der Waals surface area (Å²) >= 11 is 0. The molecule has 2 heterocycles. The number of benzene rings is 2. The van der Waals surface area contributed by atoms with Crippen molar-refractivity contribution >= 4 is 17.5 Å². The average molecular weight is 569 g/mol. The predicted octanol–water partition coefficient (Wildman–Crippen LogP) is 5.77. The van der Waals surface area contributed by atoms with Crippen molar-refractivity contribution in [2.75, 3.05) is 6.54 Å². The van der Waals surface area contributed by atoms with E-state index in [1.165, 1.54) is 4.52 Å². The fraction of sp³-hybridized carbons (Fsp3) is 0.300. The third-order valence-electron chi connectivity index (χ3n) is 6.79. The minimum atomic E-state index is -1.33. The Morgan fingerprint density at radius 2 is 1.71 bits per heavy atom. The summed E-state index contributed by atoms with van der Waals surface area (Å²) in [6, 6.07) is 14.1. The fourth-order valence-corrected chi connectivity index (χ4v) is 4.22. The van der Waals surface area contributed by atoms with Crippen LogP contribution in [0.4, 0.5) is 18.0 Å². The van der Waals surface area contributed by atoms with E-state index >= 15 is 0 Å². The van der Waals surface area contributed by atoms with Crippen molar-refractivity contribution in [1.82, 2.24) is 20.2 Å². The summed E-state index contributed by atoms with van der Waals surface area (Å²) in [6.45, 7) is 6.71. The van der Waals surface area contributed by atoms with E-state index < -0.39 is 47.2 Å². The maximum atomic E-state index is 14.1. The second kappa shape index (κ2) is 12.3. The molecule has 0 saturated heterocycles. The van der Waals surface area contributed by atoms with Crippen LogP contribution < -0.4 is 15.4 Å². The predicted molar refractivity (Wildman–Crippen MR) is 146 cm³/mol. The molecule has 8 nitrogen and oxygen atoms in total. The molecule has 2 aromatic carbocycles. The Labute approximate surface area is 235 Å². The van der Waals surface area contributed by atoms with E-state index in [9.17, 15) is 22.8 Å². The van der Waals surface area contributed by atoms with Gasteiger partial charge in [-0.2, -0.15) is 9.61 Å². The molecular weight excluding hydrogens is 537 g/mol. The lowest BCUT2D eigenvalue weighted by Gasteiger charge is -2.29. The molecule has 0 spiro atoms. The number of fused-ring (bicyclic) bond motifs is 1. The van der Waals surface area contributed by atoms with Crippen molar-refractivity contribution in [3.63, 3.8) is 0 Å². The molecule has 41 heavy (non-hydrogen) atoms. The molecule has 2 N–H and O–H groups in total. The summed E-state index contributed by atoms with van der Waals surface area (Å²) < 4.78 is 54.2. The highest BCUT2D eigenvalue weighted by Gasteiger charge is 2.28. The summed E-state index contributed by atoms with van der Waals surface area (Å²) in [5.41, 5.74) is 1.24. The summed E-state index contributed by atoms with van der Waals surface area (Å²) in [4.78, 5) is 25.8. The average Bonchev–Trinajstić information content (AvgIpc) is 3.28. The number of alkyl carbamates (subject to hydrolysis) is 1. The smallest absolute Gasteiger partial charge is 0.407 e. The zero-order chi connectivity index (χ0) is 29.7. The van der Waals surface area contributed by atoms with Gasteiger partial charge in [-0.1, -0.05) is 37.3 Å². The Morgan fingerprint density at radius 3 is 2.41 bits per heavy atom. The Hall–Kier alpha value is -4.54. The molecule has 0 aliphatic rings. The van der Waals surface area contributed by atoms with Gasteiger partial charge < -0.3 is 20.1 Å². The van der Waals surface area contributed by atoms with Crippen molar-refractivity contribution < 1.29 is 32.2 Å². The van der Waals surface area contributed by atoms with E-state index in [1.807, 2.05) is 37.3 Å². The molecule has 0 fully saturated rings. The SMILES string of the molecule is CCC(C)(CNC(=O)c1c(C)nn2c(OCc3c(F)ccc(F)c3F)cc(C)cc12)NC(=O)OCc1ccccc1. The third kappa shape index (κ3) is 6.79. The lowest BCUT2D eigenvalue weighted by atomic mass is 9.99. The Kier molecular flexibility index (Phi) is 8.85. The van der Waals surface area contributed by atoms with Crippen LogP contribution in [0.25, 0.3) is 5.52 Å². The van der Waals surface area contributed by atoms with E-state index in [0.717, 1.165) is 11.6 Å². The molecule has 0 saturated carbocycles. The van der Waals surface area contributed by atoms with Crippen LogP contribution in [0.15, 0.2) is 54.6 Å². The molecule has 2 aromatic heterocycles. The molecule has 2 amide bonds. The fourth-order valence-electron chi connectivity index (χ4n) is 4.22. The van der Waals surface area contributed by atoms with Crippen molar-refractivity contribution in [3.8, 4) is 5.88 Å². The Balaban J connectivity index is 1.47. The first-order valence-corrected chi connectivity index (χ1v) is 13.0. The monoisotopic (exact) mass is 568 g/mol. The van der Waals surface area contributed by atoms with Crippen molar-refractivity contribution in [2.24, 2.45) is 0 Å². The van der Waals surface area contributed by atoms with Crippen LogP contribution in [0.2, 0.25) is 0 Å². The number of carbonyl (C=O) groups excluding carboxylic acids is 2. The lowest BCUT2D eigenvalue weighted by Crippen LogP contribution is -2.53. The highest BCUT2D eigenvalue weighted by molar-refractivity contribution is 6.02. The molecular formula is C30H31F3N4O4. The number of pyridine rings is 1. The second-order valence-corrected chi connectivity index (χ2v) is 10.0. The van der Waals surface area contributed by atoms with Gasteiger partial charge in [-0.05, 0) is 56.5 Å². The Bertz CT molecular complexity index is 1580. The summed E-state index contributed by atoms with van der Waals surface area (Å²) in [6.07, 6.45) is -0.102. The number of halogens is 3. The summed E-state index contributed by atoms with van der Waals surface area (Å²) in [7, 11) is 0. The zero-order valence-electron chi connectivity index (χ0n) is 23.2. The first-order valence-electron chi connectivity index (χ1n) is 13.0. The number of nitrogens with one attached hydrogen (secondary N) is 2. The highest BCUT2D eigenvalue weighted by atomic mass is 19.2. The van der Waals surface area contributed by atoms with E-state index in [4.69, 9.17) is 9.47 Å². The van der Waals surface area contributed by atoms with Gasteiger partial charge in [0, 0.05) is 12.6 Å². The number of hydrogen-bond donors (Lipinski definition) is 2. The largest absolute Gasteiger partial charge is 0.473 e. The maximum Gasteiger partial charge on any atom is 0.407 e. The number of aromatic nitrogens is 2. The van der Waals surface area contributed by atoms with Crippen LogP contribution >= 0.6 is 0 Å². The van der Waals surface area contributed by atoms with Gasteiger partial charge >= 0.3 is 6.09 Å². The molecule has 0 radical (unpaired) electrons. The molecule has 216 valence electrons. The van der Waals surface area contributed by atoms with Crippen LogP contribution in [0.5, 0.6) is 5.88 Å². The minimum absolute atomic E-state index is 0.104. The number of carbonyl (C=O) groups is 2. The molecule has 4 aromatic rings. The molecule has 0 bridgehead atoms. The van der Waals surface area contributed by atoms with Gasteiger partial charge in [0.25, 0.3) is 5.91 Å². The van der Waals surface area contributed by atoms with Gasteiger partial charge in [0.1, 0.15) is 19.0 Å². The van der Waals surface area contributed by atoms with Crippen molar-refractivity contribution in [3.05, 3.63) is 100.0 Å². The van der Waals surface area contributed by atoms with Crippen LogP contribution in [0.3, 0.4) is 0 Å². The van der Waals surface area contributed by atoms with E-state index in [0.29, 0.717) is 29.3 Å². The quantitative estimate of drug-likeness (QED) is 0.237. The van der Waals surface area contributed by atoms with Gasteiger partial charge in [-0.3, -0.25) is 4.79 Å². The number of ether oxygens (including phenoxy) is 2. The highest BCUT2D eigenvalue weighted by Crippen LogP contribution is 2.25. The van der Waals surface area contributed by atoms with Gasteiger partial charge in [0.15, 0.2) is 11.6 Å². The van der Waals surface area contributed by atoms with Gasteiger partial charge in [0.2, 0.25) is 5.88 Å². The molecule has 1 atom stereocenters. The number of aryl methyl sites for hydroxylation is 2. The topological polar surface area (TPSA) is 94.0 Å². The zero-order valence-corrected chi connectivity index (χ0v) is 23.2. The normalized spacial score (nSPS) is 12.6. The van der Waals surface area contributed by atoms with Gasteiger partial charge in [-0.15, -0.1) is 0 Å². The molecule has 0 aliphatic heterocycles. The molecule has 1 unspecified atom stereocenters. The van der Waals surface area contributed by atoms with Crippen molar-refractivity contribution in [1.29, 1.82) is 0 Å². The number of nitrogens with zero attached hydrogens (tertiary/aromatic N) is 2. The van der Waals surface area contributed by atoms with E-state index in [2.05, 4.69) is 15.7 Å². The lowest BCUT2D eigenvalue weighted by molar-refractivity contribution is 0.0930. The number of rotatable bonds is 10. The van der Waals surface area contributed by atoms with E-state index in [1.54, 1.807) is 32.9 Å². The number of hydrogen-bond acceptors (Lipinski definition) is 5. The van der Waals surface area contributed by atoms with Crippen LogP contribution in [0.1, 0.15) is 53.0 Å². The number of amides is 2. The Morgan fingerprint density at radius 1 is 1.00 bits per heavy atom. The summed E-state index contributed by atoms with van der Waals surface area (Å²) in [5.74, 6) is -3.78. The minimum Gasteiger partial charge on any atom is -0.473 e.